The monoisotopic (exact) mass is 1370 g/mol. The second-order valence-corrected chi connectivity index (χ2v) is 28.7. The largest absolute Gasteiger partial charge is 0.228 e. The topological polar surface area (TPSA) is 77.3 Å². The summed E-state index contributed by atoms with van der Waals surface area (Å²) in [4.78, 5) is 32.6. The molecule has 6 nitrogen and oxygen atoms in total. The molecule has 0 radical (unpaired) electrons. The Morgan fingerprint density at radius 1 is 0.157 bits per heavy atom. The zero-order valence-corrected chi connectivity index (χ0v) is 58.5. The first-order valence-corrected chi connectivity index (χ1v) is 37.0. The number of fused-ring (bicyclic) bond motifs is 21. The van der Waals surface area contributed by atoms with Gasteiger partial charge in [0.2, 0.25) is 0 Å². The minimum atomic E-state index is -0.588. The first kappa shape index (κ1) is 61.3. The summed E-state index contributed by atoms with van der Waals surface area (Å²) in [6.45, 7) is 0. The molecule has 0 unspecified atom stereocenters. The van der Waals surface area contributed by atoms with E-state index in [0.717, 1.165) is 106 Å². The Kier molecular flexibility index (Phi) is 13.7. The summed E-state index contributed by atoms with van der Waals surface area (Å²) in [5.41, 5.74) is 36.0. The van der Waals surface area contributed by atoms with E-state index in [2.05, 4.69) is 328 Å². The third-order valence-corrected chi connectivity index (χ3v) is 23.0. The molecule has 0 saturated carbocycles. The number of rotatable bonds is 10. The Bertz CT molecular complexity index is 6470. The van der Waals surface area contributed by atoms with Crippen molar-refractivity contribution in [3.63, 3.8) is 0 Å². The molecule has 2 spiro atoms. The van der Waals surface area contributed by atoms with Crippen LogP contribution in [0, 0.1) is 0 Å². The van der Waals surface area contributed by atoms with Crippen LogP contribution in [0.4, 0.5) is 0 Å². The van der Waals surface area contributed by atoms with Gasteiger partial charge in [-0.3, -0.25) is 0 Å². The average molecular weight is 1370 g/mol. The second kappa shape index (κ2) is 24.2. The van der Waals surface area contributed by atoms with Gasteiger partial charge in [-0.25, -0.2) is 29.9 Å². The van der Waals surface area contributed by atoms with Gasteiger partial charge in [0, 0.05) is 55.5 Å². The predicted octanol–water partition coefficient (Wildman–Crippen LogP) is 24.6. The maximum Gasteiger partial charge on any atom is 0.160 e. The van der Waals surface area contributed by atoms with E-state index in [0.29, 0.717) is 17.5 Å². The molecule has 108 heavy (non-hydrogen) atoms. The zero-order valence-electron chi connectivity index (χ0n) is 58.5. The molecular formula is C102H62N6. The molecule has 0 atom stereocenters. The van der Waals surface area contributed by atoms with Gasteiger partial charge < -0.3 is 0 Å². The van der Waals surface area contributed by atoms with E-state index >= 15 is 0 Å². The van der Waals surface area contributed by atoms with Crippen molar-refractivity contribution < 1.29 is 0 Å². The number of nitrogens with zero attached hydrogens (tertiary/aromatic N) is 6. The predicted molar refractivity (Wildman–Crippen MR) is 438 cm³/mol. The van der Waals surface area contributed by atoms with Crippen LogP contribution in [0.2, 0.25) is 0 Å². The summed E-state index contributed by atoms with van der Waals surface area (Å²) < 4.78 is 0. The molecule has 22 rings (SSSR count). The number of aromatic nitrogens is 6. The quantitative estimate of drug-likeness (QED) is 0.136. The fourth-order valence-electron chi connectivity index (χ4n) is 18.2. The van der Waals surface area contributed by atoms with Gasteiger partial charge in [0.15, 0.2) is 17.5 Å². The van der Waals surface area contributed by atoms with E-state index in [-0.39, 0.29) is 0 Å². The van der Waals surface area contributed by atoms with Crippen molar-refractivity contribution in [1.82, 2.24) is 29.9 Å². The highest BCUT2D eigenvalue weighted by Crippen LogP contribution is 2.65. The molecule has 0 fully saturated rings. The SMILES string of the molecule is c1ccc(-c2cc(-c3ccc(-c4nc(-c5ccc(-c6cc(-c7ccccc7)nc(-c7ccccc7)n6)cc5)c5cc(-c6ccc7c(c6)C6(c8ccccc8-c8ccccc86)c6ccccc6-7)cc(-c6ccc7c(c6)C6(c8ccccc8-c8ccccc86)c6ccccc6-7)c5n4)cc3)nc(-c3ccccc3)n2)cc1. The Morgan fingerprint density at radius 2 is 0.435 bits per heavy atom. The second-order valence-electron chi connectivity index (χ2n) is 28.7. The Balaban J connectivity index is 0.791. The van der Waals surface area contributed by atoms with E-state index in [9.17, 15) is 0 Å². The lowest BCUT2D eigenvalue weighted by Crippen LogP contribution is -2.25. The van der Waals surface area contributed by atoms with Crippen LogP contribution < -0.4 is 0 Å². The lowest BCUT2D eigenvalue weighted by Gasteiger charge is -2.31. The summed E-state index contributed by atoms with van der Waals surface area (Å²) in [7, 11) is 0. The Morgan fingerprint density at radius 3 is 0.824 bits per heavy atom. The van der Waals surface area contributed by atoms with E-state index in [1.54, 1.807) is 0 Å². The fourth-order valence-corrected chi connectivity index (χ4v) is 18.2. The molecule has 0 N–H and O–H groups in total. The van der Waals surface area contributed by atoms with Gasteiger partial charge in [-0.05, 0) is 142 Å². The smallest absolute Gasteiger partial charge is 0.160 e. The highest BCUT2D eigenvalue weighted by atomic mass is 14.9. The molecule has 500 valence electrons. The normalized spacial score (nSPS) is 13.1. The van der Waals surface area contributed by atoms with Crippen LogP contribution in [-0.2, 0) is 10.8 Å². The molecule has 4 aliphatic rings. The molecule has 4 aliphatic carbocycles. The maximum atomic E-state index is 5.93. The standard InChI is InChI=1S/C102H62N6/c1-5-25-63(26-6-1)92-61-94(105-98(103-92)68-29-9-3-10-30-68)65-45-49-67(50-46-65)96-83-58-73(71-53-55-80-78-37-17-23-43-88(78)101(90(80)59-71)84-39-19-13-33-74(84)75-34-14-20-40-85(75)101)57-82(72-54-56-81-79-38-18-24-44-89(79)102(91(81)60-72)86-41-21-15-35-76(86)77-36-16-22-42-87(77)102)97(83)108-100(107-96)70-51-47-66(48-52-70)95-62-93(64-27-7-2-8-28-64)104-99(106-95)69-31-11-4-12-32-69/h1-62H. The van der Waals surface area contributed by atoms with Crippen molar-refractivity contribution in [1.29, 1.82) is 0 Å². The highest BCUT2D eigenvalue weighted by Gasteiger charge is 2.53. The Hall–Kier alpha value is -14.2. The highest BCUT2D eigenvalue weighted by molar-refractivity contribution is 6.07. The summed E-state index contributed by atoms with van der Waals surface area (Å²) in [6.07, 6.45) is 0. The van der Waals surface area contributed by atoms with E-state index in [1.807, 2.05) is 48.5 Å². The van der Waals surface area contributed by atoms with Crippen LogP contribution in [0.5, 0.6) is 0 Å². The first-order valence-electron chi connectivity index (χ1n) is 37.0. The summed E-state index contributed by atoms with van der Waals surface area (Å²) in [5, 5.41) is 0.920. The average Bonchev–Trinajstić information content (AvgIpc) is 1.51. The van der Waals surface area contributed by atoms with Crippen LogP contribution >= 0.6 is 0 Å². The minimum absolute atomic E-state index is 0.554. The molecule has 3 aromatic heterocycles. The Labute approximate surface area is 625 Å². The first-order chi connectivity index (χ1) is 53.5. The molecule has 6 heteroatoms. The van der Waals surface area contributed by atoms with E-state index in [4.69, 9.17) is 29.9 Å². The molecule has 0 amide bonds. The van der Waals surface area contributed by atoms with Crippen molar-refractivity contribution in [2.45, 2.75) is 10.8 Å². The van der Waals surface area contributed by atoms with Gasteiger partial charge in [0.05, 0.1) is 44.8 Å². The summed E-state index contributed by atoms with van der Waals surface area (Å²) in [6, 6.07) is 136. The van der Waals surface area contributed by atoms with Gasteiger partial charge in [0.25, 0.3) is 0 Å². The van der Waals surface area contributed by atoms with Crippen molar-refractivity contribution in [3.05, 3.63) is 421 Å². The van der Waals surface area contributed by atoms with E-state index in [1.165, 1.54) is 89.0 Å². The summed E-state index contributed by atoms with van der Waals surface area (Å²) in [5.74, 6) is 1.91. The van der Waals surface area contributed by atoms with E-state index < -0.39 is 10.8 Å². The van der Waals surface area contributed by atoms with Crippen LogP contribution in [-0.4, -0.2) is 29.9 Å². The maximum absolute atomic E-state index is 5.93. The fraction of sp³-hybridized carbons (Fsp3) is 0.0196. The molecule has 3 heterocycles. The number of benzene rings is 15. The number of hydrogen-bond donors (Lipinski definition) is 0. The third-order valence-electron chi connectivity index (χ3n) is 23.0. The minimum Gasteiger partial charge on any atom is -0.228 e. The lowest BCUT2D eigenvalue weighted by atomic mass is 9.70. The van der Waals surface area contributed by atoms with Gasteiger partial charge in [-0.15, -0.1) is 0 Å². The lowest BCUT2D eigenvalue weighted by molar-refractivity contribution is 0.794. The zero-order chi connectivity index (χ0) is 71.0. The van der Waals surface area contributed by atoms with Crippen molar-refractivity contribution in [2.24, 2.45) is 0 Å². The van der Waals surface area contributed by atoms with Crippen LogP contribution in [0.3, 0.4) is 0 Å². The molecule has 18 aromatic rings. The van der Waals surface area contributed by atoms with Gasteiger partial charge in [0.1, 0.15) is 0 Å². The molecule has 0 aliphatic heterocycles. The molecule has 15 aromatic carbocycles. The van der Waals surface area contributed by atoms with Crippen LogP contribution in [0.1, 0.15) is 44.5 Å². The van der Waals surface area contributed by atoms with Crippen LogP contribution in [0.25, 0.3) is 168 Å². The van der Waals surface area contributed by atoms with Crippen molar-refractivity contribution >= 4 is 10.9 Å². The molecule has 0 bridgehead atoms. The summed E-state index contributed by atoms with van der Waals surface area (Å²) >= 11 is 0. The molecule has 0 saturated heterocycles. The third kappa shape index (κ3) is 9.27. The van der Waals surface area contributed by atoms with Crippen LogP contribution in [0.15, 0.2) is 376 Å². The van der Waals surface area contributed by atoms with Gasteiger partial charge in [-0.1, -0.05) is 340 Å². The van der Waals surface area contributed by atoms with Gasteiger partial charge in [-0.2, -0.15) is 0 Å². The number of hydrogen-bond acceptors (Lipinski definition) is 6. The van der Waals surface area contributed by atoms with Gasteiger partial charge >= 0.3 is 0 Å². The molecular weight excluding hydrogens is 1310 g/mol. The van der Waals surface area contributed by atoms with Crippen molar-refractivity contribution in [2.75, 3.05) is 0 Å². The van der Waals surface area contributed by atoms with Crippen molar-refractivity contribution in [3.8, 4) is 157 Å².